The Morgan fingerprint density at radius 2 is 1.82 bits per heavy atom. The third kappa shape index (κ3) is 4.57. The van der Waals surface area contributed by atoms with Crippen LogP contribution in [0.2, 0.25) is 0 Å². The van der Waals surface area contributed by atoms with E-state index in [1.165, 1.54) is 6.07 Å². The fraction of sp³-hybridized carbons (Fsp3) is 0.214. The number of methoxy groups -OCH3 is 1. The summed E-state index contributed by atoms with van der Waals surface area (Å²) >= 11 is 0. The van der Waals surface area contributed by atoms with Gasteiger partial charge >= 0.3 is 0 Å². The molecule has 6 heteroatoms. The Kier molecular flexibility index (Phi) is 6.77. The van der Waals surface area contributed by atoms with Gasteiger partial charge in [-0.25, -0.2) is 9.37 Å². The van der Waals surface area contributed by atoms with Crippen LogP contribution < -0.4 is 10.1 Å². The highest BCUT2D eigenvalue weighted by Gasteiger charge is 2.26. The zero-order valence-electron chi connectivity index (χ0n) is 19.8. The van der Waals surface area contributed by atoms with Crippen LogP contribution in [0, 0.1) is 12.7 Å². The molecule has 0 bridgehead atoms. The lowest BCUT2D eigenvalue weighted by molar-refractivity contribution is 0.0931. The van der Waals surface area contributed by atoms with Gasteiger partial charge in [0.05, 0.1) is 13.2 Å². The largest absolute Gasteiger partial charge is 0.497 e. The maximum absolute atomic E-state index is 14.0. The molecule has 1 atom stereocenters. The first-order valence-electron chi connectivity index (χ1n) is 11.3. The van der Waals surface area contributed by atoms with E-state index in [1.54, 1.807) is 26.2 Å². The SMILES string of the molecule is CCn1c(-c2ccccc2)nc(-c2ccc(F)c(C)c2)c1C(=O)N[C@H](C)c1cccc(OC)c1. The topological polar surface area (TPSA) is 56.2 Å². The van der Waals surface area contributed by atoms with Gasteiger partial charge in [-0.3, -0.25) is 4.79 Å². The standard InChI is InChI=1S/C28H28FN3O2/c1-5-32-26(28(33)30-19(3)21-12-9-13-23(17-21)34-4)25(22-14-15-24(29)18(2)16-22)31-27(32)20-10-7-6-8-11-20/h6-17,19H,5H2,1-4H3,(H,30,33)/t19-/m1/s1. The van der Waals surface area contributed by atoms with Crippen molar-refractivity contribution in [3.05, 3.63) is 95.4 Å². The number of benzene rings is 3. The average Bonchev–Trinajstić information content (AvgIpc) is 3.26. The summed E-state index contributed by atoms with van der Waals surface area (Å²) in [6.07, 6.45) is 0. The van der Waals surface area contributed by atoms with E-state index in [0.29, 0.717) is 34.9 Å². The first-order valence-corrected chi connectivity index (χ1v) is 11.3. The monoisotopic (exact) mass is 457 g/mol. The lowest BCUT2D eigenvalue weighted by Crippen LogP contribution is -2.29. The smallest absolute Gasteiger partial charge is 0.270 e. The number of aromatic nitrogens is 2. The molecule has 0 radical (unpaired) electrons. The molecular weight excluding hydrogens is 429 g/mol. The van der Waals surface area contributed by atoms with Crippen molar-refractivity contribution in [2.45, 2.75) is 33.4 Å². The van der Waals surface area contributed by atoms with E-state index >= 15 is 0 Å². The zero-order chi connectivity index (χ0) is 24.2. The van der Waals surface area contributed by atoms with E-state index in [-0.39, 0.29) is 17.8 Å². The van der Waals surface area contributed by atoms with Crippen LogP contribution >= 0.6 is 0 Å². The molecule has 4 aromatic rings. The lowest BCUT2D eigenvalue weighted by atomic mass is 10.1. The molecule has 0 saturated heterocycles. The molecule has 0 aliphatic rings. The summed E-state index contributed by atoms with van der Waals surface area (Å²) in [6.45, 7) is 6.17. The first-order chi connectivity index (χ1) is 16.4. The number of hydrogen-bond donors (Lipinski definition) is 1. The van der Waals surface area contributed by atoms with Crippen molar-refractivity contribution in [3.8, 4) is 28.4 Å². The van der Waals surface area contributed by atoms with Gasteiger partial charge in [-0.1, -0.05) is 42.5 Å². The van der Waals surface area contributed by atoms with Gasteiger partial charge < -0.3 is 14.6 Å². The Morgan fingerprint density at radius 3 is 2.50 bits per heavy atom. The van der Waals surface area contributed by atoms with Crippen LogP contribution in [0.15, 0.2) is 72.8 Å². The summed E-state index contributed by atoms with van der Waals surface area (Å²) in [6, 6.07) is 21.9. The molecule has 1 aromatic heterocycles. The van der Waals surface area contributed by atoms with Crippen molar-refractivity contribution >= 4 is 5.91 Å². The van der Waals surface area contributed by atoms with Gasteiger partial charge in [0.25, 0.3) is 5.91 Å². The van der Waals surface area contributed by atoms with E-state index in [0.717, 1.165) is 16.9 Å². The van der Waals surface area contributed by atoms with Crippen LogP contribution in [0.1, 0.15) is 41.5 Å². The number of hydrogen-bond acceptors (Lipinski definition) is 3. The van der Waals surface area contributed by atoms with Crippen LogP contribution in [-0.2, 0) is 6.54 Å². The predicted octanol–water partition coefficient (Wildman–Crippen LogP) is 6.18. The Hall–Kier alpha value is -3.93. The lowest BCUT2D eigenvalue weighted by Gasteiger charge is -2.17. The molecule has 1 N–H and O–H groups in total. The molecular formula is C28H28FN3O2. The normalized spacial score (nSPS) is 11.8. The minimum Gasteiger partial charge on any atom is -0.497 e. The highest BCUT2D eigenvalue weighted by atomic mass is 19.1. The molecule has 34 heavy (non-hydrogen) atoms. The molecule has 0 saturated carbocycles. The summed E-state index contributed by atoms with van der Waals surface area (Å²) in [5, 5.41) is 3.11. The number of imidazole rings is 1. The summed E-state index contributed by atoms with van der Waals surface area (Å²) in [7, 11) is 1.62. The second-order valence-corrected chi connectivity index (χ2v) is 8.18. The third-order valence-electron chi connectivity index (χ3n) is 5.90. The molecule has 0 unspecified atom stereocenters. The van der Waals surface area contributed by atoms with Crippen molar-refractivity contribution in [1.82, 2.24) is 14.9 Å². The van der Waals surface area contributed by atoms with E-state index < -0.39 is 0 Å². The Morgan fingerprint density at radius 1 is 1.06 bits per heavy atom. The molecule has 0 fully saturated rings. The van der Waals surface area contributed by atoms with Crippen LogP contribution in [-0.4, -0.2) is 22.6 Å². The number of aryl methyl sites for hydroxylation is 1. The number of rotatable bonds is 7. The summed E-state index contributed by atoms with van der Waals surface area (Å²) in [4.78, 5) is 18.6. The average molecular weight is 458 g/mol. The Bertz CT molecular complexity index is 1310. The van der Waals surface area contributed by atoms with Gasteiger partial charge in [0.1, 0.15) is 28.8 Å². The number of halogens is 1. The summed E-state index contributed by atoms with van der Waals surface area (Å²) in [5.41, 5.74) is 4.01. The van der Waals surface area contributed by atoms with Crippen LogP contribution in [0.4, 0.5) is 4.39 Å². The van der Waals surface area contributed by atoms with Crippen molar-refractivity contribution in [2.75, 3.05) is 7.11 Å². The van der Waals surface area contributed by atoms with E-state index in [9.17, 15) is 9.18 Å². The maximum Gasteiger partial charge on any atom is 0.270 e. The summed E-state index contributed by atoms with van der Waals surface area (Å²) in [5.74, 6) is 0.883. The van der Waals surface area contributed by atoms with E-state index in [1.807, 2.05) is 73.0 Å². The molecule has 0 aliphatic carbocycles. The van der Waals surface area contributed by atoms with Gasteiger partial charge in [0.15, 0.2) is 0 Å². The number of carbonyl (C=O) groups excluding carboxylic acids is 1. The molecule has 0 aliphatic heterocycles. The van der Waals surface area contributed by atoms with Crippen LogP contribution in [0.3, 0.4) is 0 Å². The fourth-order valence-corrected chi connectivity index (χ4v) is 4.05. The molecule has 1 heterocycles. The van der Waals surface area contributed by atoms with Crippen molar-refractivity contribution in [3.63, 3.8) is 0 Å². The number of carbonyl (C=O) groups is 1. The predicted molar refractivity (Wildman–Crippen MR) is 132 cm³/mol. The van der Waals surface area contributed by atoms with Crippen LogP contribution in [0.5, 0.6) is 5.75 Å². The molecule has 5 nitrogen and oxygen atoms in total. The van der Waals surface area contributed by atoms with E-state index in [2.05, 4.69) is 5.32 Å². The molecule has 0 spiro atoms. The molecule has 1 amide bonds. The quantitative estimate of drug-likeness (QED) is 0.360. The first kappa shape index (κ1) is 23.2. The maximum atomic E-state index is 14.0. The number of ether oxygens (including phenoxy) is 1. The van der Waals surface area contributed by atoms with Gasteiger partial charge in [0, 0.05) is 17.7 Å². The van der Waals surface area contributed by atoms with Gasteiger partial charge in [-0.2, -0.15) is 0 Å². The Labute approximate surface area is 199 Å². The van der Waals surface area contributed by atoms with Gasteiger partial charge in [0.2, 0.25) is 0 Å². The highest BCUT2D eigenvalue weighted by molar-refractivity contribution is 5.99. The van der Waals surface area contributed by atoms with Gasteiger partial charge in [-0.15, -0.1) is 0 Å². The second kappa shape index (κ2) is 9.91. The van der Waals surface area contributed by atoms with Crippen LogP contribution in [0.25, 0.3) is 22.6 Å². The number of nitrogens with zero attached hydrogens (tertiary/aromatic N) is 2. The number of nitrogens with one attached hydrogen (secondary N) is 1. The third-order valence-corrected chi connectivity index (χ3v) is 5.90. The van der Waals surface area contributed by atoms with Crippen molar-refractivity contribution in [2.24, 2.45) is 0 Å². The molecule has 3 aromatic carbocycles. The minimum absolute atomic E-state index is 0.246. The van der Waals surface area contributed by atoms with Crippen molar-refractivity contribution in [1.29, 1.82) is 0 Å². The highest BCUT2D eigenvalue weighted by Crippen LogP contribution is 2.31. The molecule has 4 rings (SSSR count). The zero-order valence-corrected chi connectivity index (χ0v) is 19.8. The fourth-order valence-electron chi connectivity index (χ4n) is 4.05. The minimum atomic E-state index is -0.292. The molecule has 174 valence electrons. The summed E-state index contributed by atoms with van der Waals surface area (Å²) < 4.78 is 21.2. The number of amides is 1. The van der Waals surface area contributed by atoms with Crippen molar-refractivity contribution < 1.29 is 13.9 Å². The Balaban J connectivity index is 1.81. The van der Waals surface area contributed by atoms with Gasteiger partial charge in [-0.05, 0) is 62.2 Å². The van der Waals surface area contributed by atoms with E-state index in [4.69, 9.17) is 9.72 Å². The second-order valence-electron chi connectivity index (χ2n) is 8.18.